The average Bonchev–Trinajstić information content (AvgIpc) is 3.18. The Morgan fingerprint density at radius 1 is 1.00 bits per heavy atom. The summed E-state index contributed by atoms with van der Waals surface area (Å²) in [7, 11) is 0. The van der Waals surface area contributed by atoms with Crippen molar-refractivity contribution in [2.24, 2.45) is 0 Å². The lowest BCUT2D eigenvalue weighted by Crippen LogP contribution is -2.27. The molecule has 4 aromatic rings. The van der Waals surface area contributed by atoms with Gasteiger partial charge in [0.15, 0.2) is 11.5 Å². The Morgan fingerprint density at radius 3 is 2.51 bits per heavy atom. The molecule has 0 aliphatic carbocycles. The van der Waals surface area contributed by atoms with Gasteiger partial charge in [-0.25, -0.2) is 4.79 Å². The largest absolute Gasteiger partial charge is 0.490 e. The number of amides is 2. The van der Waals surface area contributed by atoms with Gasteiger partial charge in [-0.05, 0) is 87.7 Å². The molecule has 0 radical (unpaired) electrons. The molecule has 2 amide bonds. The number of rotatable bonds is 7. The van der Waals surface area contributed by atoms with Crippen LogP contribution in [0, 0.1) is 6.92 Å². The second-order valence-corrected chi connectivity index (χ2v) is 10.8. The fraction of sp³-hybridized carbons (Fsp3) is 0.129. The van der Waals surface area contributed by atoms with E-state index in [1.807, 2.05) is 74.5 Å². The molecule has 196 valence electrons. The number of benzene rings is 4. The summed E-state index contributed by atoms with van der Waals surface area (Å²) in [4.78, 5) is 40.4. The van der Waals surface area contributed by atoms with Gasteiger partial charge in [-0.2, -0.15) is 0 Å². The number of aryl methyl sites for hydroxylation is 1. The Bertz CT molecular complexity index is 1630. The van der Waals surface area contributed by atoms with E-state index in [0.29, 0.717) is 32.9 Å². The molecule has 0 saturated carbocycles. The first-order valence-electron chi connectivity index (χ1n) is 12.3. The predicted octanol–water partition coefficient (Wildman–Crippen LogP) is 7.77. The van der Waals surface area contributed by atoms with Crippen molar-refractivity contribution in [3.05, 3.63) is 110 Å². The van der Waals surface area contributed by atoms with E-state index in [1.54, 1.807) is 24.3 Å². The molecule has 1 aliphatic rings. The van der Waals surface area contributed by atoms with Crippen LogP contribution in [-0.4, -0.2) is 28.6 Å². The van der Waals surface area contributed by atoms with Crippen LogP contribution in [0.25, 0.3) is 16.8 Å². The second kappa shape index (κ2) is 11.5. The van der Waals surface area contributed by atoms with Crippen LogP contribution in [0.15, 0.2) is 88.2 Å². The minimum Gasteiger partial charge on any atom is -0.490 e. The zero-order valence-corrected chi connectivity index (χ0v) is 23.7. The standard InChI is InChI=1S/C31H24BrNO5S/c1-3-37-26-16-21(17-27-29(34)33(31(36)39-27)18-20-13-11-19(2)12-14-20)15-25(32)28(26)38-30(35)24-10-6-8-22-7-4-5-9-23(22)24/h4-17H,3,18H2,1-2H3/b27-17-. The summed E-state index contributed by atoms with van der Waals surface area (Å²) in [6, 6.07) is 24.2. The van der Waals surface area contributed by atoms with Crippen molar-refractivity contribution in [2.45, 2.75) is 20.4 Å². The van der Waals surface area contributed by atoms with Crippen LogP contribution in [0.4, 0.5) is 4.79 Å². The third-order valence-corrected chi connectivity index (χ3v) is 7.67. The van der Waals surface area contributed by atoms with Crippen LogP contribution in [0.5, 0.6) is 11.5 Å². The van der Waals surface area contributed by atoms with E-state index < -0.39 is 5.97 Å². The highest BCUT2D eigenvalue weighted by Gasteiger charge is 2.35. The molecule has 0 bridgehead atoms. The molecule has 0 aromatic heterocycles. The topological polar surface area (TPSA) is 72.9 Å². The van der Waals surface area contributed by atoms with Crippen molar-refractivity contribution in [3.8, 4) is 11.5 Å². The molecule has 5 rings (SSSR count). The second-order valence-electron chi connectivity index (χ2n) is 8.93. The summed E-state index contributed by atoms with van der Waals surface area (Å²) in [5.41, 5.74) is 3.04. The molecule has 1 heterocycles. The van der Waals surface area contributed by atoms with Crippen LogP contribution >= 0.6 is 27.7 Å². The smallest absolute Gasteiger partial charge is 0.344 e. The molecule has 4 aromatic carbocycles. The fourth-order valence-electron chi connectivity index (χ4n) is 4.25. The number of hydrogen-bond acceptors (Lipinski definition) is 6. The van der Waals surface area contributed by atoms with Crippen molar-refractivity contribution in [1.29, 1.82) is 0 Å². The molecule has 0 atom stereocenters. The van der Waals surface area contributed by atoms with Crippen LogP contribution in [0.2, 0.25) is 0 Å². The summed E-state index contributed by atoms with van der Waals surface area (Å²) < 4.78 is 12.1. The highest BCUT2D eigenvalue weighted by molar-refractivity contribution is 9.10. The first-order valence-corrected chi connectivity index (χ1v) is 13.9. The van der Waals surface area contributed by atoms with Crippen LogP contribution in [-0.2, 0) is 11.3 Å². The Labute approximate surface area is 238 Å². The number of nitrogens with zero attached hydrogens (tertiary/aromatic N) is 1. The maximum absolute atomic E-state index is 13.2. The molecule has 1 aliphatic heterocycles. The summed E-state index contributed by atoms with van der Waals surface area (Å²) >= 11 is 4.40. The molecule has 1 saturated heterocycles. The summed E-state index contributed by atoms with van der Waals surface area (Å²) in [5, 5.41) is 1.40. The lowest BCUT2D eigenvalue weighted by Gasteiger charge is -2.14. The maximum atomic E-state index is 13.2. The number of fused-ring (bicyclic) bond motifs is 1. The first kappa shape index (κ1) is 26.7. The van der Waals surface area contributed by atoms with Gasteiger partial charge in [0.1, 0.15) is 0 Å². The number of carbonyl (C=O) groups is 3. The van der Waals surface area contributed by atoms with Gasteiger partial charge < -0.3 is 9.47 Å². The number of halogens is 1. The van der Waals surface area contributed by atoms with Crippen molar-refractivity contribution in [2.75, 3.05) is 6.61 Å². The monoisotopic (exact) mass is 601 g/mol. The summed E-state index contributed by atoms with van der Waals surface area (Å²) in [6.07, 6.45) is 1.64. The van der Waals surface area contributed by atoms with Crippen molar-refractivity contribution in [1.82, 2.24) is 4.90 Å². The van der Waals surface area contributed by atoms with Crippen LogP contribution in [0.1, 0.15) is 34.0 Å². The first-order chi connectivity index (χ1) is 18.8. The molecule has 6 nitrogen and oxygen atoms in total. The van der Waals surface area contributed by atoms with Gasteiger partial charge in [0.05, 0.1) is 28.1 Å². The predicted molar refractivity (Wildman–Crippen MR) is 157 cm³/mol. The van der Waals surface area contributed by atoms with Gasteiger partial charge in [0.25, 0.3) is 11.1 Å². The Morgan fingerprint density at radius 2 is 1.74 bits per heavy atom. The van der Waals surface area contributed by atoms with E-state index in [4.69, 9.17) is 9.47 Å². The number of esters is 1. The molecule has 1 fully saturated rings. The SMILES string of the molecule is CCOc1cc(/C=C2\SC(=O)N(Cc3ccc(C)cc3)C2=O)cc(Br)c1OC(=O)c1cccc2ccccc12. The average molecular weight is 603 g/mol. The molecular formula is C31H24BrNO5S. The van der Waals surface area contributed by atoms with E-state index in [1.165, 1.54) is 4.90 Å². The number of hydrogen-bond donors (Lipinski definition) is 0. The van der Waals surface area contributed by atoms with Gasteiger partial charge in [-0.3, -0.25) is 14.5 Å². The maximum Gasteiger partial charge on any atom is 0.344 e. The van der Waals surface area contributed by atoms with Gasteiger partial charge in [0.2, 0.25) is 0 Å². The van der Waals surface area contributed by atoms with Gasteiger partial charge in [-0.15, -0.1) is 0 Å². The van der Waals surface area contributed by atoms with Gasteiger partial charge in [-0.1, -0.05) is 66.2 Å². The van der Waals surface area contributed by atoms with E-state index in [0.717, 1.165) is 33.7 Å². The zero-order chi connectivity index (χ0) is 27.5. The minimum absolute atomic E-state index is 0.208. The van der Waals surface area contributed by atoms with Gasteiger partial charge >= 0.3 is 5.97 Å². The molecule has 0 unspecified atom stereocenters. The minimum atomic E-state index is -0.515. The van der Waals surface area contributed by atoms with E-state index >= 15 is 0 Å². The molecular weight excluding hydrogens is 578 g/mol. The summed E-state index contributed by atoms with van der Waals surface area (Å²) in [6.45, 7) is 4.35. The Hall–Kier alpha value is -3.88. The van der Waals surface area contributed by atoms with E-state index in [9.17, 15) is 14.4 Å². The van der Waals surface area contributed by atoms with Crippen molar-refractivity contribution >= 4 is 61.7 Å². The summed E-state index contributed by atoms with van der Waals surface area (Å²) in [5.74, 6) is -0.297. The number of ether oxygens (including phenoxy) is 2. The van der Waals surface area contributed by atoms with E-state index in [-0.39, 0.29) is 23.4 Å². The van der Waals surface area contributed by atoms with E-state index in [2.05, 4.69) is 15.9 Å². The van der Waals surface area contributed by atoms with Crippen LogP contribution in [0.3, 0.4) is 0 Å². The third-order valence-electron chi connectivity index (χ3n) is 6.17. The molecule has 8 heteroatoms. The Balaban J connectivity index is 1.41. The molecule has 0 N–H and O–H groups in total. The third kappa shape index (κ3) is 5.77. The number of carbonyl (C=O) groups excluding carboxylic acids is 3. The van der Waals surface area contributed by atoms with Crippen molar-refractivity contribution in [3.63, 3.8) is 0 Å². The van der Waals surface area contributed by atoms with Crippen molar-refractivity contribution < 1.29 is 23.9 Å². The zero-order valence-electron chi connectivity index (χ0n) is 21.3. The normalized spacial score (nSPS) is 14.3. The fourth-order valence-corrected chi connectivity index (χ4v) is 5.63. The van der Waals surface area contributed by atoms with Gasteiger partial charge in [0, 0.05) is 0 Å². The molecule has 39 heavy (non-hydrogen) atoms. The number of thioether (sulfide) groups is 1. The Kier molecular flexibility index (Phi) is 7.86. The van der Waals surface area contributed by atoms with Crippen LogP contribution < -0.4 is 9.47 Å². The highest BCUT2D eigenvalue weighted by Crippen LogP contribution is 2.40. The number of imide groups is 1. The molecule has 0 spiro atoms. The lowest BCUT2D eigenvalue weighted by atomic mass is 10.0. The lowest BCUT2D eigenvalue weighted by molar-refractivity contribution is -0.123. The highest BCUT2D eigenvalue weighted by atomic mass is 79.9. The quantitative estimate of drug-likeness (QED) is 0.122.